The van der Waals surface area contributed by atoms with Gasteiger partial charge in [0.2, 0.25) is 15.9 Å². The Hall–Kier alpha value is -0.920. The molecule has 7 heteroatoms. The molecule has 0 spiro atoms. The number of carbonyl (C=O) groups excluding carboxylic acids is 1. The molecule has 2 atom stereocenters. The van der Waals surface area contributed by atoms with Crippen LogP contribution in [-0.2, 0) is 19.6 Å². The highest BCUT2D eigenvalue weighted by Crippen LogP contribution is 2.14. The Morgan fingerprint density at radius 3 is 2.43 bits per heavy atom. The monoisotopic (exact) mass is 318 g/mol. The standard InChI is InChI=1S/C14H26N2O4S/c1-5-6-11(2)14(17)15-7-8-21(18,19)16-9-12(3)20-13(4)10-16/h6,12-13H,5,7-10H2,1-4H3,(H,15,17)/b11-6+/t12-,13-/m0/s1. The maximum Gasteiger partial charge on any atom is 0.246 e. The highest BCUT2D eigenvalue weighted by Gasteiger charge is 2.30. The third-order valence-electron chi connectivity index (χ3n) is 3.29. The van der Waals surface area contributed by atoms with E-state index in [4.69, 9.17) is 4.74 Å². The number of rotatable bonds is 6. The van der Waals surface area contributed by atoms with Crippen LogP contribution in [0.4, 0.5) is 0 Å². The molecule has 1 saturated heterocycles. The second-order valence-electron chi connectivity index (χ2n) is 5.44. The van der Waals surface area contributed by atoms with Crippen molar-refractivity contribution in [3.05, 3.63) is 11.6 Å². The van der Waals surface area contributed by atoms with E-state index in [1.54, 1.807) is 6.92 Å². The fraction of sp³-hybridized carbons (Fsp3) is 0.786. The molecule has 1 N–H and O–H groups in total. The highest BCUT2D eigenvalue weighted by molar-refractivity contribution is 7.89. The molecule has 0 unspecified atom stereocenters. The number of ether oxygens (including phenoxy) is 1. The summed E-state index contributed by atoms with van der Waals surface area (Å²) in [5.74, 6) is -0.298. The number of hydrogen-bond donors (Lipinski definition) is 1. The summed E-state index contributed by atoms with van der Waals surface area (Å²) < 4.78 is 31.5. The van der Waals surface area contributed by atoms with Crippen molar-refractivity contribution in [1.82, 2.24) is 9.62 Å². The van der Waals surface area contributed by atoms with Gasteiger partial charge in [0.05, 0.1) is 18.0 Å². The van der Waals surface area contributed by atoms with Gasteiger partial charge in [0.15, 0.2) is 0 Å². The van der Waals surface area contributed by atoms with Gasteiger partial charge < -0.3 is 10.1 Å². The predicted octanol–water partition coefficient (Wildman–Crippen LogP) is 0.898. The van der Waals surface area contributed by atoms with Crippen LogP contribution < -0.4 is 5.32 Å². The molecule has 0 saturated carbocycles. The Labute approximate surface area is 127 Å². The normalized spacial score (nSPS) is 24.9. The zero-order chi connectivity index (χ0) is 16.0. The molecule has 0 radical (unpaired) electrons. The maximum atomic E-state index is 12.3. The molecule has 1 aliphatic rings. The van der Waals surface area contributed by atoms with Crippen LogP contribution in [0.25, 0.3) is 0 Å². The Morgan fingerprint density at radius 2 is 1.90 bits per heavy atom. The highest BCUT2D eigenvalue weighted by atomic mass is 32.2. The summed E-state index contributed by atoms with van der Waals surface area (Å²) in [6, 6.07) is 0. The van der Waals surface area contributed by atoms with Crippen LogP contribution in [0.5, 0.6) is 0 Å². The fourth-order valence-corrected chi connectivity index (χ4v) is 3.81. The van der Waals surface area contributed by atoms with Gasteiger partial charge in [0, 0.05) is 25.2 Å². The van der Waals surface area contributed by atoms with Crippen molar-refractivity contribution in [2.75, 3.05) is 25.4 Å². The molecule has 0 aromatic carbocycles. The molecule has 6 nitrogen and oxygen atoms in total. The number of carbonyl (C=O) groups is 1. The zero-order valence-corrected chi connectivity index (χ0v) is 14.1. The molecular weight excluding hydrogens is 292 g/mol. The van der Waals surface area contributed by atoms with E-state index < -0.39 is 10.0 Å². The van der Waals surface area contributed by atoms with E-state index in [2.05, 4.69) is 5.32 Å². The Balaban J connectivity index is 2.50. The number of nitrogens with zero attached hydrogens (tertiary/aromatic N) is 1. The summed E-state index contributed by atoms with van der Waals surface area (Å²) in [4.78, 5) is 11.7. The van der Waals surface area contributed by atoms with Gasteiger partial charge in [0.25, 0.3) is 0 Å². The first-order chi connectivity index (χ1) is 9.76. The minimum atomic E-state index is -3.36. The lowest BCUT2D eigenvalue weighted by atomic mass is 10.2. The molecule has 1 fully saturated rings. The maximum absolute atomic E-state index is 12.3. The number of allylic oxidation sites excluding steroid dienone is 1. The average Bonchev–Trinajstić information content (AvgIpc) is 2.37. The van der Waals surface area contributed by atoms with Crippen LogP contribution in [0.15, 0.2) is 11.6 Å². The van der Waals surface area contributed by atoms with Gasteiger partial charge in [-0.05, 0) is 27.2 Å². The van der Waals surface area contributed by atoms with Gasteiger partial charge in [-0.3, -0.25) is 4.79 Å². The van der Waals surface area contributed by atoms with Crippen molar-refractivity contribution < 1.29 is 17.9 Å². The number of nitrogens with one attached hydrogen (secondary N) is 1. The average molecular weight is 318 g/mol. The van der Waals surface area contributed by atoms with Gasteiger partial charge in [-0.1, -0.05) is 13.0 Å². The first kappa shape index (κ1) is 18.1. The van der Waals surface area contributed by atoms with Gasteiger partial charge in [-0.25, -0.2) is 8.42 Å². The molecule has 0 bridgehead atoms. The van der Waals surface area contributed by atoms with Crippen LogP contribution in [0.3, 0.4) is 0 Å². The minimum Gasteiger partial charge on any atom is -0.373 e. The molecule has 122 valence electrons. The quantitative estimate of drug-likeness (QED) is 0.738. The first-order valence-electron chi connectivity index (χ1n) is 7.34. The third kappa shape index (κ3) is 5.76. The van der Waals surface area contributed by atoms with Gasteiger partial charge >= 0.3 is 0 Å². The number of hydrogen-bond acceptors (Lipinski definition) is 4. The molecule has 0 aromatic rings. The number of sulfonamides is 1. The van der Waals surface area contributed by atoms with E-state index in [0.29, 0.717) is 18.7 Å². The van der Waals surface area contributed by atoms with Crippen molar-refractivity contribution in [3.8, 4) is 0 Å². The Morgan fingerprint density at radius 1 is 1.33 bits per heavy atom. The number of morpholine rings is 1. The van der Waals surface area contributed by atoms with Crippen molar-refractivity contribution in [1.29, 1.82) is 0 Å². The van der Waals surface area contributed by atoms with Gasteiger partial charge in [-0.2, -0.15) is 4.31 Å². The smallest absolute Gasteiger partial charge is 0.246 e. The SMILES string of the molecule is CC/C=C(\C)C(=O)NCCS(=O)(=O)N1C[C@H](C)O[C@@H](C)C1. The summed E-state index contributed by atoms with van der Waals surface area (Å²) in [6.45, 7) is 8.25. The van der Waals surface area contributed by atoms with Crippen LogP contribution in [0, 0.1) is 0 Å². The van der Waals surface area contributed by atoms with E-state index in [-0.39, 0.29) is 30.4 Å². The number of amides is 1. The third-order valence-corrected chi connectivity index (χ3v) is 5.10. The Bertz CT molecular complexity index is 477. The summed E-state index contributed by atoms with van der Waals surface area (Å²) in [7, 11) is -3.36. The summed E-state index contributed by atoms with van der Waals surface area (Å²) in [5, 5.41) is 2.64. The van der Waals surface area contributed by atoms with E-state index >= 15 is 0 Å². The molecule has 1 heterocycles. The molecular formula is C14H26N2O4S. The second kappa shape index (κ2) is 7.91. The first-order valence-corrected chi connectivity index (χ1v) is 8.95. The lowest BCUT2D eigenvalue weighted by molar-refractivity contribution is -0.117. The minimum absolute atomic E-state index is 0.0857. The molecule has 0 aromatic heterocycles. The Kier molecular flexibility index (Phi) is 6.83. The van der Waals surface area contributed by atoms with E-state index in [1.807, 2.05) is 26.8 Å². The van der Waals surface area contributed by atoms with Crippen molar-refractivity contribution in [3.63, 3.8) is 0 Å². The molecule has 1 rings (SSSR count). The van der Waals surface area contributed by atoms with Crippen molar-refractivity contribution in [2.24, 2.45) is 0 Å². The lowest BCUT2D eigenvalue weighted by Gasteiger charge is -2.34. The zero-order valence-electron chi connectivity index (χ0n) is 13.3. The van der Waals surface area contributed by atoms with Crippen LogP contribution in [0.1, 0.15) is 34.1 Å². The van der Waals surface area contributed by atoms with Crippen molar-refractivity contribution in [2.45, 2.75) is 46.3 Å². The fourth-order valence-electron chi connectivity index (χ4n) is 2.32. The van der Waals surface area contributed by atoms with E-state index in [1.165, 1.54) is 4.31 Å². The topological polar surface area (TPSA) is 75.7 Å². The van der Waals surface area contributed by atoms with Gasteiger partial charge in [-0.15, -0.1) is 0 Å². The predicted molar refractivity (Wildman–Crippen MR) is 82.4 cm³/mol. The lowest BCUT2D eigenvalue weighted by Crippen LogP contribution is -2.49. The van der Waals surface area contributed by atoms with Crippen molar-refractivity contribution >= 4 is 15.9 Å². The van der Waals surface area contributed by atoms with Crippen LogP contribution in [0.2, 0.25) is 0 Å². The molecule has 1 amide bonds. The molecule has 1 aliphatic heterocycles. The summed E-state index contributed by atoms with van der Waals surface area (Å²) in [5.41, 5.74) is 0.614. The second-order valence-corrected chi connectivity index (χ2v) is 7.53. The summed E-state index contributed by atoms with van der Waals surface area (Å²) >= 11 is 0. The summed E-state index contributed by atoms with van der Waals surface area (Å²) in [6.07, 6.45) is 2.39. The largest absolute Gasteiger partial charge is 0.373 e. The van der Waals surface area contributed by atoms with E-state index in [9.17, 15) is 13.2 Å². The molecule has 21 heavy (non-hydrogen) atoms. The molecule has 0 aliphatic carbocycles. The van der Waals surface area contributed by atoms with Crippen LogP contribution in [-0.4, -0.2) is 56.2 Å². The van der Waals surface area contributed by atoms with Gasteiger partial charge in [0.1, 0.15) is 0 Å². The van der Waals surface area contributed by atoms with Crippen LogP contribution >= 0.6 is 0 Å². The van der Waals surface area contributed by atoms with E-state index in [0.717, 1.165) is 6.42 Å².